The van der Waals surface area contributed by atoms with Gasteiger partial charge in [-0.05, 0) is 97.5 Å². The van der Waals surface area contributed by atoms with Crippen LogP contribution in [-0.4, -0.2) is 14.9 Å². The molecule has 4 saturated carbocycles. The molecule has 0 amide bonds. The molecule has 6 rings (SSSR count). The summed E-state index contributed by atoms with van der Waals surface area (Å²) in [7, 11) is -1.87. The first kappa shape index (κ1) is 21.6. The minimum absolute atomic E-state index is 0.122. The largest absolute Gasteiger partial charge is 0.543 e. The monoisotopic (exact) mass is 438 g/mol. The van der Waals surface area contributed by atoms with Crippen LogP contribution in [0.2, 0.25) is 18.1 Å². The Morgan fingerprint density at radius 3 is 2.10 bits per heavy atom. The van der Waals surface area contributed by atoms with Gasteiger partial charge in [0.25, 0.3) is 0 Å². The van der Waals surface area contributed by atoms with E-state index in [9.17, 15) is 0 Å². The molecule has 0 radical (unpaired) electrons. The first-order chi connectivity index (χ1) is 14.4. The van der Waals surface area contributed by atoms with Crippen molar-refractivity contribution in [2.45, 2.75) is 91.3 Å². The lowest BCUT2D eigenvalue weighted by molar-refractivity contribution is -0.0381. The summed E-state index contributed by atoms with van der Waals surface area (Å²) < 4.78 is 13.2. The van der Waals surface area contributed by atoms with Gasteiger partial charge in [0.2, 0.25) is 8.32 Å². The standard InChI is InChI=1S/C28H42O2Si/c1-26(2,3)31(6,7)30-23-10-8-9-22(14-23)24-25(27(4,5)18-29-24)28-15-19-11-20(16-28)13-21(12-19)17-28/h8-10,14,19-21H,11-13,15-18H2,1-7H3. The molecule has 0 unspecified atom stereocenters. The molecule has 4 fully saturated rings. The molecule has 1 aromatic carbocycles. The van der Waals surface area contributed by atoms with Gasteiger partial charge in [-0.3, -0.25) is 0 Å². The van der Waals surface area contributed by atoms with Crippen LogP contribution in [-0.2, 0) is 4.74 Å². The first-order valence-corrected chi connectivity index (χ1v) is 15.5. The molecular formula is C28H42O2Si. The number of hydrogen-bond acceptors (Lipinski definition) is 2. The second kappa shape index (κ2) is 6.89. The molecule has 0 saturated heterocycles. The van der Waals surface area contributed by atoms with Gasteiger partial charge in [0, 0.05) is 11.0 Å². The first-order valence-electron chi connectivity index (χ1n) is 12.6. The minimum Gasteiger partial charge on any atom is -0.543 e. The van der Waals surface area contributed by atoms with E-state index in [2.05, 4.69) is 72.0 Å². The fourth-order valence-corrected chi connectivity index (χ4v) is 8.48. The van der Waals surface area contributed by atoms with Crippen LogP contribution >= 0.6 is 0 Å². The van der Waals surface area contributed by atoms with Gasteiger partial charge < -0.3 is 9.16 Å². The van der Waals surface area contributed by atoms with Gasteiger partial charge in [0.1, 0.15) is 11.5 Å². The van der Waals surface area contributed by atoms with Crippen LogP contribution in [0.3, 0.4) is 0 Å². The Morgan fingerprint density at radius 2 is 1.55 bits per heavy atom. The lowest BCUT2D eigenvalue weighted by atomic mass is 9.45. The van der Waals surface area contributed by atoms with E-state index in [0.29, 0.717) is 5.41 Å². The zero-order chi connectivity index (χ0) is 22.2. The van der Waals surface area contributed by atoms with Crippen LogP contribution in [0.5, 0.6) is 5.75 Å². The van der Waals surface area contributed by atoms with E-state index in [1.807, 2.05) is 0 Å². The SMILES string of the molecule is CC1(C)COC(c2cccc(O[Si](C)(C)C(C)(C)C)c2)=C1C12CC3CC(CC(C3)C1)C2. The highest BCUT2D eigenvalue weighted by Gasteiger charge is 2.57. The number of benzene rings is 1. The Bertz CT molecular complexity index is 867. The zero-order valence-corrected chi connectivity index (χ0v) is 21.8. The van der Waals surface area contributed by atoms with E-state index >= 15 is 0 Å². The quantitative estimate of drug-likeness (QED) is 0.443. The zero-order valence-electron chi connectivity index (χ0n) is 20.8. The van der Waals surface area contributed by atoms with Crippen molar-refractivity contribution < 1.29 is 9.16 Å². The Hall–Kier alpha value is -1.22. The molecule has 1 aromatic rings. The van der Waals surface area contributed by atoms with Crippen molar-refractivity contribution in [1.29, 1.82) is 0 Å². The smallest absolute Gasteiger partial charge is 0.250 e. The number of ether oxygens (including phenoxy) is 1. The third-order valence-electron chi connectivity index (χ3n) is 9.33. The van der Waals surface area contributed by atoms with Crippen molar-refractivity contribution in [3.8, 4) is 5.75 Å². The molecule has 31 heavy (non-hydrogen) atoms. The van der Waals surface area contributed by atoms with Crippen LogP contribution in [0.15, 0.2) is 29.8 Å². The third kappa shape index (κ3) is 3.59. The average molecular weight is 439 g/mol. The summed E-state index contributed by atoms with van der Waals surface area (Å²) in [5, 5.41) is 0.193. The van der Waals surface area contributed by atoms with Gasteiger partial charge in [0.15, 0.2) is 0 Å². The van der Waals surface area contributed by atoms with Crippen LogP contribution in [0.25, 0.3) is 5.76 Å². The Balaban J connectivity index is 1.55. The number of hydrogen-bond donors (Lipinski definition) is 0. The van der Waals surface area contributed by atoms with Crippen molar-refractivity contribution in [2.24, 2.45) is 28.6 Å². The molecule has 3 heteroatoms. The van der Waals surface area contributed by atoms with Crippen molar-refractivity contribution in [3.63, 3.8) is 0 Å². The summed E-state index contributed by atoms with van der Waals surface area (Å²) in [6.07, 6.45) is 8.64. The van der Waals surface area contributed by atoms with Gasteiger partial charge in [-0.1, -0.05) is 46.8 Å². The van der Waals surface area contributed by atoms with Crippen LogP contribution < -0.4 is 4.43 Å². The molecule has 0 aromatic heterocycles. The van der Waals surface area contributed by atoms with Crippen molar-refractivity contribution in [3.05, 3.63) is 35.4 Å². The third-order valence-corrected chi connectivity index (χ3v) is 13.7. The molecule has 0 atom stereocenters. The second-order valence-electron chi connectivity index (χ2n) is 13.5. The van der Waals surface area contributed by atoms with E-state index in [1.165, 1.54) is 49.8 Å². The van der Waals surface area contributed by atoms with Crippen LogP contribution in [0.1, 0.15) is 78.7 Å². The van der Waals surface area contributed by atoms with E-state index < -0.39 is 8.32 Å². The van der Waals surface area contributed by atoms with E-state index in [4.69, 9.17) is 9.16 Å². The molecule has 0 spiro atoms. The Morgan fingerprint density at radius 1 is 0.968 bits per heavy atom. The molecule has 170 valence electrons. The Kier molecular flexibility index (Phi) is 4.80. The van der Waals surface area contributed by atoms with E-state index in [1.54, 1.807) is 5.57 Å². The van der Waals surface area contributed by atoms with Crippen LogP contribution in [0.4, 0.5) is 0 Å². The topological polar surface area (TPSA) is 18.5 Å². The molecule has 4 bridgehead atoms. The summed E-state index contributed by atoms with van der Waals surface area (Å²) in [5.74, 6) is 5.04. The van der Waals surface area contributed by atoms with Gasteiger partial charge >= 0.3 is 0 Å². The van der Waals surface area contributed by atoms with Crippen molar-refractivity contribution in [1.82, 2.24) is 0 Å². The second-order valence-corrected chi connectivity index (χ2v) is 18.2. The summed E-state index contributed by atoms with van der Waals surface area (Å²) in [5.41, 5.74) is 3.37. The highest BCUT2D eigenvalue weighted by Crippen LogP contribution is 2.67. The number of rotatable bonds is 4. The molecule has 0 N–H and O–H groups in total. The van der Waals surface area contributed by atoms with E-state index in [-0.39, 0.29) is 10.5 Å². The lowest BCUT2D eigenvalue weighted by Gasteiger charge is -2.58. The Labute approximate surface area is 190 Å². The summed E-state index contributed by atoms with van der Waals surface area (Å²) in [4.78, 5) is 0. The predicted octanol–water partition coefficient (Wildman–Crippen LogP) is 8.05. The van der Waals surface area contributed by atoms with Crippen molar-refractivity contribution >= 4 is 14.1 Å². The molecule has 1 aliphatic heterocycles. The summed E-state index contributed by atoms with van der Waals surface area (Å²) >= 11 is 0. The maximum absolute atomic E-state index is 6.66. The van der Waals surface area contributed by atoms with Crippen LogP contribution in [0, 0.1) is 28.6 Å². The van der Waals surface area contributed by atoms with Gasteiger partial charge in [-0.25, -0.2) is 0 Å². The highest BCUT2D eigenvalue weighted by atomic mass is 28.4. The average Bonchev–Trinajstić information content (AvgIpc) is 2.95. The van der Waals surface area contributed by atoms with Gasteiger partial charge in [-0.15, -0.1) is 0 Å². The van der Waals surface area contributed by atoms with Crippen molar-refractivity contribution in [2.75, 3.05) is 6.61 Å². The fraction of sp³-hybridized carbons (Fsp3) is 0.714. The highest BCUT2D eigenvalue weighted by molar-refractivity contribution is 6.74. The fourth-order valence-electron chi connectivity index (χ4n) is 7.46. The maximum atomic E-state index is 6.66. The lowest BCUT2D eigenvalue weighted by Crippen LogP contribution is -2.49. The molecule has 2 nitrogen and oxygen atoms in total. The molecule has 4 aliphatic carbocycles. The van der Waals surface area contributed by atoms with Gasteiger partial charge in [0.05, 0.1) is 6.61 Å². The maximum Gasteiger partial charge on any atom is 0.250 e. The predicted molar refractivity (Wildman–Crippen MR) is 132 cm³/mol. The summed E-state index contributed by atoms with van der Waals surface area (Å²) in [6.45, 7) is 17.2. The van der Waals surface area contributed by atoms with Gasteiger partial charge in [-0.2, -0.15) is 0 Å². The molecule has 5 aliphatic rings. The minimum atomic E-state index is -1.87. The molecule has 1 heterocycles. The normalized spacial score (nSPS) is 34.2. The summed E-state index contributed by atoms with van der Waals surface area (Å²) in [6, 6.07) is 8.80. The molecular weight excluding hydrogens is 396 g/mol. The van der Waals surface area contributed by atoms with E-state index in [0.717, 1.165) is 30.1 Å².